The van der Waals surface area contributed by atoms with E-state index in [9.17, 15) is 0 Å². The van der Waals surface area contributed by atoms with Gasteiger partial charge in [-0.15, -0.1) is 0 Å². The van der Waals surface area contributed by atoms with Crippen LogP contribution in [-0.4, -0.2) is 4.83 Å². The van der Waals surface area contributed by atoms with Crippen LogP contribution in [0.15, 0.2) is 35.4 Å². The molecule has 1 aliphatic carbocycles. The summed E-state index contributed by atoms with van der Waals surface area (Å²) in [5.74, 6) is 2.00. The van der Waals surface area contributed by atoms with Crippen molar-refractivity contribution in [2.24, 2.45) is 23.2 Å². The van der Waals surface area contributed by atoms with Crippen LogP contribution in [0.4, 0.5) is 0 Å². The van der Waals surface area contributed by atoms with Crippen LogP contribution < -0.4 is 0 Å². The minimum atomic E-state index is 0.445. The molecule has 0 spiro atoms. The van der Waals surface area contributed by atoms with Gasteiger partial charge in [0, 0.05) is 9.31 Å². The molecule has 0 amide bonds. The molecule has 0 saturated heterocycles. The molecule has 0 bridgehead atoms. The molecular formula is C30H52Br2. The summed E-state index contributed by atoms with van der Waals surface area (Å²) in [6.45, 7) is 13.5. The Morgan fingerprint density at radius 2 is 1.41 bits per heavy atom. The first-order chi connectivity index (χ1) is 15.4. The topological polar surface area (TPSA) is 0 Å². The smallest absolute Gasteiger partial charge is 0.0297 e. The molecule has 32 heavy (non-hydrogen) atoms. The van der Waals surface area contributed by atoms with Crippen molar-refractivity contribution in [1.29, 1.82) is 0 Å². The molecule has 0 nitrogen and oxygen atoms in total. The number of allylic oxidation sites excluding steroid dienone is 5. The second-order valence-corrected chi connectivity index (χ2v) is 13.0. The third kappa shape index (κ3) is 11.5. The highest BCUT2D eigenvalue weighted by Gasteiger charge is 2.48. The van der Waals surface area contributed by atoms with Crippen molar-refractivity contribution in [3.8, 4) is 0 Å². The Bertz CT molecular complexity index is 529. The molecule has 1 saturated carbocycles. The zero-order chi connectivity index (χ0) is 23.8. The number of hydrogen-bond donors (Lipinski definition) is 0. The first-order valence-electron chi connectivity index (χ1n) is 13.7. The highest BCUT2D eigenvalue weighted by atomic mass is 79.9. The number of alkyl halides is 1. The van der Waals surface area contributed by atoms with Crippen molar-refractivity contribution in [3.63, 3.8) is 0 Å². The van der Waals surface area contributed by atoms with Gasteiger partial charge < -0.3 is 0 Å². The van der Waals surface area contributed by atoms with E-state index in [0.717, 1.165) is 10.4 Å². The van der Waals surface area contributed by atoms with Gasteiger partial charge in [-0.05, 0) is 49.4 Å². The zero-order valence-corrected chi connectivity index (χ0v) is 24.9. The molecule has 186 valence electrons. The van der Waals surface area contributed by atoms with E-state index in [1.54, 1.807) is 0 Å². The lowest BCUT2D eigenvalue weighted by atomic mass is 9.69. The highest BCUT2D eigenvalue weighted by Crippen LogP contribution is 2.57. The average Bonchev–Trinajstić information content (AvgIpc) is 3.01. The quantitative estimate of drug-likeness (QED) is 0.0663. The van der Waals surface area contributed by atoms with Gasteiger partial charge in [0.25, 0.3) is 0 Å². The fourth-order valence-electron chi connectivity index (χ4n) is 5.89. The summed E-state index contributed by atoms with van der Waals surface area (Å²) in [6, 6.07) is 0. The molecule has 0 heterocycles. The third-order valence-corrected chi connectivity index (χ3v) is 8.43. The second kappa shape index (κ2) is 17.6. The molecule has 1 rings (SSSR count). The van der Waals surface area contributed by atoms with Crippen molar-refractivity contribution in [3.05, 3.63) is 35.4 Å². The molecule has 4 unspecified atom stereocenters. The van der Waals surface area contributed by atoms with Crippen LogP contribution in [0.1, 0.15) is 124 Å². The van der Waals surface area contributed by atoms with E-state index in [1.807, 2.05) is 0 Å². The van der Waals surface area contributed by atoms with Crippen molar-refractivity contribution < 1.29 is 0 Å². The van der Waals surface area contributed by atoms with Crippen molar-refractivity contribution in [2.45, 2.75) is 129 Å². The van der Waals surface area contributed by atoms with Crippen molar-refractivity contribution >= 4 is 31.9 Å². The van der Waals surface area contributed by atoms with Crippen LogP contribution in [0.3, 0.4) is 0 Å². The number of unbranched alkanes of at least 4 members (excludes halogenated alkanes) is 10. The maximum atomic E-state index is 4.05. The predicted molar refractivity (Wildman–Crippen MR) is 154 cm³/mol. The molecular weight excluding hydrogens is 520 g/mol. The van der Waals surface area contributed by atoms with Gasteiger partial charge in [0.1, 0.15) is 0 Å². The summed E-state index contributed by atoms with van der Waals surface area (Å²) in [5, 5.41) is 0. The van der Waals surface area contributed by atoms with Crippen LogP contribution in [0.2, 0.25) is 0 Å². The third-order valence-electron chi connectivity index (χ3n) is 7.86. The van der Waals surface area contributed by atoms with E-state index in [2.05, 4.69) is 90.4 Å². The second-order valence-electron chi connectivity index (χ2n) is 10.5. The van der Waals surface area contributed by atoms with Crippen LogP contribution >= 0.6 is 31.9 Å². The van der Waals surface area contributed by atoms with Gasteiger partial charge in [-0.2, -0.15) is 0 Å². The van der Waals surface area contributed by atoms with Gasteiger partial charge >= 0.3 is 0 Å². The maximum absolute atomic E-state index is 4.05. The van der Waals surface area contributed by atoms with E-state index < -0.39 is 0 Å². The van der Waals surface area contributed by atoms with Gasteiger partial charge in [0.05, 0.1) is 0 Å². The van der Waals surface area contributed by atoms with Crippen LogP contribution in [0, 0.1) is 23.2 Å². The van der Waals surface area contributed by atoms with Gasteiger partial charge in [-0.3, -0.25) is 0 Å². The first-order valence-corrected chi connectivity index (χ1v) is 15.4. The average molecular weight is 573 g/mol. The Morgan fingerprint density at radius 3 is 1.88 bits per heavy atom. The van der Waals surface area contributed by atoms with E-state index in [0.29, 0.717) is 22.1 Å². The van der Waals surface area contributed by atoms with Crippen LogP contribution in [0.5, 0.6) is 0 Å². The van der Waals surface area contributed by atoms with Gasteiger partial charge in [0.15, 0.2) is 0 Å². The SMILES string of the molecule is C=C(Br)/C=C\C1C(/C=C\C(C)Br)CC(CCCCCCCC)(CCCCCCCC)C1C. The van der Waals surface area contributed by atoms with E-state index in [1.165, 1.54) is 96.3 Å². The molecule has 0 aromatic heterocycles. The molecule has 0 radical (unpaired) electrons. The predicted octanol–water partition coefficient (Wildman–Crippen LogP) is 11.6. The fourth-order valence-corrected chi connectivity index (χ4v) is 6.22. The summed E-state index contributed by atoms with van der Waals surface area (Å²) in [6.07, 6.45) is 30.6. The van der Waals surface area contributed by atoms with Crippen LogP contribution in [0.25, 0.3) is 0 Å². The number of hydrogen-bond acceptors (Lipinski definition) is 0. The van der Waals surface area contributed by atoms with E-state index >= 15 is 0 Å². The molecule has 0 aliphatic heterocycles. The minimum Gasteiger partial charge on any atom is -0.0848 e. The van der Waals surface area contributed by atoms with Gasteiger partial charge in [-0.1, -0.05) is 161 Å². The summed E-state index contributed by atoms with van der Waals surface area (Å²) in [4.78, 5) is 0.445. The Morgan fingerprint density at radius 1 is 0.906 bits per heavy atom. The molecule has 1 fully saturated rings. The number of halogens is 2. The normalized spacial score (nSPS) is 24.0. The maximum Gasteiger partial charge on any atom is 0.0297 e. The first kappa shape index (κ1) is 30.2. The summed E-state index contributed by atoms with van der Waals surface area (Å²) < 4.78 is 0.991. The van der Waals surface area contributed by atoms with Crippen LogP contribution in [-0.2, 0) is 0 Å². The Labute approximate surface area is 218 Å². The Hall–Kier alpha value is 0.180. The minimum absolute atomic E-state index is 0.445. The Kier molecular flexibility index (Phi) is 16.6. The molecule has 1 aliphatic rings. The lowest BCUT2D eigenvalue weighted by molar-refractivity contribution is 0.152. The lowest BCUT2D eigenvalue weighted by Crippen LogP contribution is -2.26. The highest BCUT2D eigenvalue weighted by molar-refractivity contribution is 9.11. The largest absolute Gasteiger partial charge is 0.0848 e. The van der Waals surface area contributed by atoms with Crippen molar-refractivity contribution in [1.82, 2.24) is 0 Å². The monoisotopic (exact) mass is 570 g/mol. The van der Waals surface area contributed by atoms with E-state index in [-0.39, 0.29) is 0 Å². The van der Waals surface area contributed by atoms with E-state index in [4.69, 9.17) is 0 Å². The lowest BCUT2D eigenvalue weighted by Gasteiger charge is -2.36. The summed E-state index contributed by atoms with van der Waals surface area (Å²) in [7, 11) is 0. The standard InChI is InChI=1S/C30H52Br2/c1-6-8-10-12-14-16-22-30(23-17-15-13-11-9-7-2)24-28(20-18-25(3)31)29(27(30)5)21-19-26(4)32/h18-21,25,27-29H,4,6-17,22-24H2,1-3,5H3/b20-18-,21-19-. The van der Waals surface area contributed by atoms with Gasteiger partial charge in [-0.25, -0.2) is 0 Å². The summed E-state index contributed by atoms with van der Waals surface area (Å²) >= 11 is 7.27. The van der Waals surface area contributed by atoms with Gasteiger partial charge in [0.2, 0.25) is 0 Å². The molecule has 0 aromatic carbocycles. The fraction of sp³-hybridized carbons (Fsp3) is 0.800. The molecule has 4 atom stereocenters. The van der Waals surface area contributed by atoms with Crippen molar-refractivity contribution in [2.75, 3.05) is 0 Å². The number of rotatable bonds is 18. The summed E-state index contributed by atoms with van der Waals surface area (Å²) in [5.41, 5.74) is 0.503. The molecule has 0 aromatic rings. The Balaban J connectivity index is 2.91. The molecule has 0 N–H and O–H groups in total. The molecule has 2 heteroatoms. The zero-order valence-electron chi connectivity index (χ0n) is 21.7.